The van der Waals surface area contributed by atoms with Crippen molar-refractivity contribution < 1.29 is 4.42 Å². The molecule has 3 rings (SSSR count). The summed E-state index contributed by atoms with van der Waals surface area (Å²) in [7, 11) is 1.74. The molecule has 2 heterocycles. The van der Waals surface area contributed by atoms with Crippen molar-refractivity contribution >= 4 is 16.8 Å². The summed E-state index contributed by atoms with van der Waals surface area (Å²) in [5.74, 6) is -0.290. The van der Waals surface area contributed by atoms with E-state index in [9.17, 15) is 4.79 Å². The molecule has 0 spiro atoms. The lowest BCUT2D eigenvalue weighted by Crippen LogP contribution is -2.18. The Morgan fingerprint density at radius 1 is 1.24 bits per heavy atom. The third kappa shape index (κ3) is 1.47. The van der Waals surface area contributed by atoms with E-state index >= 15 is 0 Å². The van der Waals surface area contributed by atoms with Crippen LogP contribution in [0.2, 0.25) is 0 Å². The maximum Gasteiger partial charge on any atom is 0.419 e. The molecule has 1 aliphatic heterocycles. The van der Waals surface area contributed by atoms with Gasteiger partial charge in [-0.25, -0.2) is 4.79 Å². The first kappa shape index (κ1) is 10.4. The fourth-order valence-corrected chi connectivity index (χ4v) is 2.61. The highest BCUT2D eigenvalue weighted by Gasteiger charge is 2.18. The number of oxazole rings is 1. The summed E-state index contributed by atoms with van der Waals surface area (Å²) in [5.41, 5.74) is 3.86. The molecular formula is C13H16N2O2. The zero-order valence-corrected chi connectivity index (χ0v) is 10.2. The smallest absolute Gasteiger partial charge is 0.407 e. The van der Waals surface area contributed by atoms with E-state index < -0.39 is 0 Å². The highest BCUT2D eigenvalue weighted by molar-refractivity contribution is 5.82. The number of hydrogen-bond donors (Lipinski definition) is 0. The summed E-state index contributed by atoms with van der Waals surface area (Å²) < 4.78 is 6.86. The highest BCUT2D eigenvalue weighted by Crippen LogP contribution is 2.29. The SMILES string of the molecule is Cc1c(N2CCCC2)ccc2c1oc(=O)n2C. The average Bonchev–Trinajstić information content (AvgIpc) is 2.92. The molecule has 1 aromatic heterocycles. The van der Waals surface area contributed by atoms with Crippen LogP contribution in [0.1, 0.15) is 18.4 Å². The lowest BCUT2D eigenvalue weighted by Gasteiger charge is -2.19. The molecule has 90 valence electrons. The largest absolute Gasteiger partial charge is 0.419 e. The van der Waals surface area contributed by atoms with Crippen molar-refractivity contribution in [2.24, 2.45) is 7.05 Å². The van der Waals surface area contributed by atoms with Gasteiger partial charge in [0.15, 0.2) is 5.58 Å². The van der Waals surface area contributed by atoms with Gasteiger partial charge < -0.3 is 9.32 Å². The molecular weight excluding hydrogens is 216 g/mol. The average molecular weight is 232 g/mol. The minimum atomic E-state index is -0.290. The van der Waals surface area contributed by atoms with E-state index in [0.717, 1.165) is 29.8 Å². The Balaban J connectivity index is 2.22. The van der Waals surface area contributed by atoms with Crippen LogP contribution in [0.5, 0.6) is 0 Å². The van der Waals surface area contributed by atoms with Gasteiger partial charge in [-0.1, -0.05) is 0 Å². The van der Waals surface area contributed by atoms with Crippen LogP contribution in [-0.4, -0.2) is 17.7 Å². The van der Waals surface area contributed by atoms with E-state index in [1.165, 1.54) is 18.5 Å². The summed E-state index contributed by atoms with van der Waals surface area (Å²) in [5, 5.41) is 0. The number of aromatic nitrogens is 1. The zero-order valence-electron chi connectivity index (χ0n) is 10.2. The van der Waals surface area contributed by atoms with Crippen LogP contribution in [0.25, 0.3) is 11.1 Å². The molecule has 0 bridgehead atoms. The van der Waals surface area contributed by atoms with Gasteiger partial charge in [0, 0.05) is 31.4 Å². The van der Waals surface area contributed by atoms with Crippen LogP contribution in [0.3, 0.4) is 0 Å². The van der Waals surface area contributed by atoms with Gasteiger partial charge in [-0.3, -0.25) is 4.57 Å². The molecule has 1 aliphatic rings. The predicted molar refractivity (Wildman–Crippen MR) is 67.6 cm³/mol. The molecule has 0 aliphatic carbocycles. The van der Waals surface area contributed by atoms with Crippen LogP contribution in [-0.2, 0) is 7.05 Å². The van der Waals surface area contributed by atoms with E-state index in [0.29, 0.717) is 0 Å². The number of anilines is 1. The second-order valence-electron chi connectivity index (χ2n) is 4.68. The minimum Gasteiger partial charge on any atom is -0.407 e. The third-order valence-corrected chi connectivity index (χ3v) is 3.63. The molecule has 0 radical (unpaired) electrons. The van der Waals surface area contributed by atoms with Gasteiger partial charge in [0.2, 0.25) is 0 Å². The molecule has 1 aromatic carbocycles. The first-order valence-electron chi connectivity index (χ1n) is 6.02. The van der Waals surface area contributed by atoms with E-state index in [-0.39, 0.29) is 5.76 Å². The molecule has 4 nitrogen and oxygen atoms in total. The summed E-state index contributed by atoms with van der Waals surface area (Å²) >= 11 is 0. The van der Waals surface area contributed by atoms with Crippen LogP contribution < -0.4 is 10.7 Å². The molecule has 2 aromatic rings. The Morgan fingerprint density at radius 3 is 2.65 bits per heavy atom. The van der Waals surface area contributed by atoms with E-state index in [1.54, 1.807) is 11.6 Å². The fraction of sp³-hybridized carbons (Fsp3) is 0.462. The summed E-state index contributed by atoms with van der Waals surface area (Å²) in [6.45, 7) is 4.23. The van der Waals surface area contributed by atoms with Crippen LogP contribution >= 0.6 is 0 Å². The molecule has 0 amide bonds. The molecule has 17 heavy (non-hydrogen) atoms. The second-order valence-corrected chi connectivity index (χ2v) is 4.68. The number of rotatable bonds is 1. The molecule has 0 N–H and O–H groups in total. The zero-order chi connectivity index (χ0) is 12.0. The molecule has 4 heteroatoms. The van der Waals surface area contributed by atoms with Crippen LogP contribution in [0.15, 0.2) is 21.3 Å². The Kier molecular flexibility index (Phi) is 2.24. The summed E-state index contributed by atoms with van der Waals surface area (Å²) in [4.78, 5) is 13.9. The van der Waals surface area contributed by atoms with Crippen molar-refractivity contribution in [2.45, 2.75) is 19.8 Å². The molecule has 0 atom stereocenters. The summed E-state index contributed by atoms with van der Waals surface area (Å²) in [6, 6.07) is 4.07. The Hall–Kier alpha value is -1.71. The van der Waals surface area contributed by atoms with E-state index in [4.69, 9.17) is 4.42 Å². The normalized spacial score (nSPS) is 16.0. The van der Waals surface area contributed by atoms with Gasteiger partial charge in [0.05, 0.1) is 5.52 Å². The van der Waals surface area contributed by atoms with Gasteiger partial charge in [-0.2, -0.15) is 0 Å². The minimum absolute atomic E-state index is 0.290. The lowest BCUT2D eigenvalue weighted by atomic mass is 10.1. The van der Waals surface area contributed by atoms with Gasteiger partial charge in [0.1, 0.15) is 0 Å². The Bertz CT molecular complexity index is 618. The van der Waals surface area contributed by atoms with Gasteiger partial charge in [0.25, 0.3) is 0 Å². The first-order chi connectivity index (χ1) is 8.18. The number of hydrogen-bond acceptors (Lipinski definition) is 3. The number of nitrogens with zero attached hydrogens (tertiary/aromatic N) is 2. The van der Waals surface area contributed by atoms with Crippen molar-refractivity contribution in [1.82, 2.24) is 4.57 Å². The van der Waals surface area contributed by atoms with E-state index in [2.05, 4.69) is 11.0 Å². The quantitative estimate of drug-likeness (QED) is 0.755. The second kappa shape index (κ2) is 3.65. The predicted octanol–water partition coefficient (Wildman–Crippen LogP) is 2.04. The molecule has 0 saturated carbocycles. The monoisotopic (exact) mass is 232 g/mol. The van der Waals surface area contributed by atoms with E-state index in [1.807, 2.05) is 13.0 Å². The van der Waals surface area contributed by atoms with Gasteiger partial charge >= 0.3 is 5.76 Å². The van der Waals surface area contributed by atoms with Crippen molar-refractivity contribution in [3.8, 4) is 0 Å². The molecule has 1 saturated heterocycles. The fourth-order valence-electron chi connectivity index (χ4n) is 2.61. The molecule has 1 fully saturated rings. The van der Waals surface area contributed by atoms with Gasteiger partial charge in [-0.05, 0) is 31.9 Å². The first-order valence-corrected chi connectivity index (χ1v) is 6.02. The number of benzene rings is 1. The van der Waals surface area contributed by atoms with Crippen molar-refractivity contribution in [3.05, 3.63) is 28.2 Å². The highest BCUT2D eigenvalue weighted by atomic mass is 16.4. The molecule has 0 unspecified atom stereocenters. The van der Waals surface area contributed by atoms with Crippen LogP contribution in [0.4, 0.5) is 5.69 Å². The summed E-state index contributed by atoms with van der Waals surface area (Å²) in [6.07, 6.45) is 2.49. The lowest BCUT2D eigenvalue weighted by molar-refractivity contribution is 0.526. The third-order valence-electron chi connectivity index (χ3n) is 3.63. The Morgan fingerprint density at radius 2 is 1.94 bits per heavy atom. The van der Waals surface area contributed by atoms with Crippen molar-refractivity contribution in [1.29, 1.82) is 0 Å². The van der Waals surface area contributed by atoms with Crippen molar-refractivity contribution in [2.75, 3.05) is 18.0 Å². The number of fused-ring (bicyclic) bond motifs is 1. The maximum atomic E-state index is 11.5. The van der Waals surface area contributed by atoms with Crippen molar-refractivity contribution in [3.63, 3.8) is 0 Å². The standard InChI is InChI=1S/C13H16N2O2/c1-9-10(15-7-3-4-8-15)5-6-11-12(9)17-13(16)14(11)2/h5-6H,3-4,7-8H2,1-2H3. The van der Waals surface area contributed by atoms with Crippen LogP contribution in [0, 0.1) is 6.92 Å². The topological polar surface area (TPSA) is 38.4 Å². The maximum absolute atomic E-state index is 11.5. The Labute approximate surface area is 99.4 Å². The van der Waals surface area contributed by atoms with Gasteiger partial charge in [-0.15, -0.1) is 0 Å². The number of aryl methyl sites for hydroxylation is 2.